The molecule has 3 N–H and O–H groups in total. The second-order valence-electron chi connectivity index (χ2n) is 7.25. The minimum absolute atomic E-state index is 0.160. The van der Waals surface area contributed by atoms with Crippen molar-refractivity contribution in [2.24, 2.45) is 11.8 Å². The first-order chi connectivity index (χ1) is 11.9. The molecular formula is C18H25FN4O2. The van der Waals surface area contributed by atoms with Crippen LogP contribution in [-0.2, 0) is 4.79 Å². The fraction of sp³-hybridized carbons (Fsp3) is 0.556. The van der Waals surface area contributed by atoms with Crippen LogP contribution in [0.2, 0.25) is 0 Å². The number of carbonyl (C=O) groups is 2. The first kappa shape index (κ1) is 17.5. The molecule has 2 atom stereocenters. The number of hydrogen-bond acceptors (Lipinski definition) is 3. The number of rotatable bonds is 5. The van der Waals surface area contributed by atoms with Crippen molar-refractivity contribution in [1.29, 1.82) is 0 Å². The summed E-state index contributed by atoms with van der Waals surface area (Å²) in [4.78, 5) is 26.7. The largest absolute Gasteiger partial charge is 0.335 e. The summed E-state index contributed by atoms with van der Waals surface area (Å²) >= 11 is 0. The lowest BCUT2D eigenvalue weighted by Crippen LogP contribution is -2.51. The van der Waals surface area contributed by atoms with Crippen LogP contribution >= 0.6 is 0 Å². The molecule has 3 rings (SSSR count). The molecule has 0 bridgehead atoms. The van der Waals surface area contributed by atoms with Gasteiger partial charge in [0.25, 0.3) is 5.91 Å². The smallest absolute Gasteiger partial charge is 0.318 e. The van der Waals surface area contributed by atoms with Gasteiger partial charge in [-0.15, -0.1) is 0 Å². The fourth-order valence-corrected chi connectivity index (χ4v) is 3.06. The third kappa shape index (κ3) is 4.41. The SMILES string of the molecule is CC(C)C1CC(C(=O)NNc2ccc(F)cc2)N(C(=O)NC2CC2)C1. The van der Waals surface area contributed by atoms with Gasteiger partial charge in [0.1, 0.15) is 11.9 Å². The molecule has 0 radical (unpaired) electrons. The van der Waals surface area contributed by atoms with Crippen LogP contribution in [0.5, 0.6) is 0 Å². The standard InChI is InChI=1S/C18H25FN4O2/c1-11(2)12-9-16(23(10-12)18(25)20-14-7-8-14)17(24)22-21-15-5-3-13(19)4-6-15/h3-6,11-12,14,16,21H,7-10H2,1-2H3,(H,20,25)(H,22,24). The minimum Gasteiger partial charge on any atom is -0.335 e. The summed E-state index contributed by atoms with van der Waals surface area (Å²) in [6, 6.07) is 5.30. The third-order valence-electron chi connectivity index (χ3n) is 4.92. The first-order valence-electron chi connectivity index (χ1n) is 8.82. The van der Waals surface area contributed by atoms with E-state index >= 15 is 0 Å². The highest BCUT2D eigenvalue weighted by Gasteiger charge is 2.41. The number of nitrogens with one attached hydrogen (secondary N) is 3. The van der Waals surface area contributed by atoms with Gasteiger partial charge < -0.3 is 10.2 Å². The number of halogens is 1. The lowest BCUT2D eigenvalue weighted by atomic mass is 9.93. The Morgan fingerprint density at radius 3 is 2.48 bits per heavy atom. The van der Waals surface area contributed by atoms with Crippen molar-refractivity contribution in [1.82, 2.24) is 15.6 Å². The summed E-state index contributed by atoms with van der Waals surface area (Å²) in [5, 5.41) is 2.97. The lowest BCUT2D eigenvalue weighted by molar-refractivity contribution is -0.124. The van der Waals surface area contributed by atoms with Gasteiger partial charge >= 0.3 is 6.03 Å². The van der Waals surface area contributed by atoms with E-state index in [-0.39, 0.29) is 23.8 Å². The first-order valence-corrected chi connectivity index (χ1v) is 8.82. The molecule has 1 saturated heterocycles. The average Bonchev–Trinajstić information content (AvgIpc) is 3.27. The number of hydrazine groups is 1. The normalized spacial score (nSPS) is 22.8. The van der Waals surface area contributed by atoms with E-state index in [2.05, 4.69) is 30.0 Å². The second kappa shape index (κ2) is 7.29. The zero-order valence-corrected chi connectivity index (χ0v) is 14.6. The van der Waals surface area contributed by atoms with Crippen molar-refractivity contribution < 1.29 is 14.0 Å². The van der Waals surface area contributed by atoms with Crippen LogP contribution in [0.4, 0.5) is 14.9 Å². The van der Waals surface area contributed by atoms with Crippen LogP contribution in [0.15, 0.2) is 24.3 Å². The number of carbonyl (C=O) groups excluding carboxylic acids is 2. The van der Waals surface area contributed by atoms with Gasteiger partial charge in [-0.25, -0.2) is 9.18 Å². The van der Waals surface area contributed by atoms with Gasteiger partial charge in [-0.05, 0) is 55.4 Å². The van der Waals surface area contributed by atoms with Gasteiger partial charge in [0.2, 0.25) is 0 Å². The summed E-state index contributed by atoms with van der Waals surface area (Å²) in [6.45, 7) is 4.81. The van der Waals surface area contributed by atoms with Crippen molar-refractivity contribution in [3.05, 3.63) is 30.1 Å². The van der Waals surface area contributed by atoms with E-state index < -0.39 is 6.04 Å². The fourth-order valence-electron chi connectivity index (χ4n) is 3.06. The minimum atomic E-state index is -0.501. The van der Waals surface area contributed by atoms with Crippen LogP contribution in [0.3, 0.4) is 0 Å². The topological polar surface area (TPSA) is 73.5 Å². The summed E-state index contributed by atoms with van der Waals surface area (Å²) < 4.78 is 12.9. The monoisotopic (exact) mass is 348 g/mol. The molecule has 0 spiro atoms. The van der Waals surface area contributed by atoms with E-state index in [9.17, 15) is 14.0 Å². The Kier molecular flexibility index (Phi) is 5.11. The molecule has 1 aromatic rings. The highest BCUT2D eigenvalue weighted by atomic mass is 19.1. The maximum Gasteiger partial charge on any atom is 0.318 e. The predicted octanol–water partition coefficient (Wildman–Crippen LogP) is 2.49. The van der Waals surface area contributed by atoms with E-state index in [1.165, 1.54) is 12.1 Å². The number of hydrogen-bond donors (Lipinski definition) is 3. The highest BCUT2D eigenvalue weighted by molar-refractivity contribution is 5.88. The second-order valence-corrected chi connectivity index (χ2v) is 7.25. The Labute approximate surface area is 147 Å². The number of benzene rings is 1. The van der Waals surface area contributed by atoms with Crippen molar-refractivity contribution in [2.75, 3.05) is 12.0 Å². The molecule has 0 aromatic heterocycles. The van der Waals surface area contributed by atoms with E-state index in [1.54, 1.807) is 17.0 Å². The molecule has 6 nitrogen and oxygen atoms in total. The van der Waals surface area contributed by atoms with E-state index in [0.29, 0.717) is 30.5 Å². The quantitative estimate of drug-likeness (QED) is 0.716. The molecule has 1 aliphatic heterocycles. The van der Waals surface area contributed by atoms with Crippen LogP contribution in [0.1, 0.15) is 33.1 Å². The third-order valence-corrected chi connectivity index (χ3v) is 4.92. The van der Waals surface area contributed by atoms with Crippen LogP contribution in [0.25, 0.3) is 0 Å². The van der Waals surface area contributed by atoms with Gasteiger partial charge in [-0.3, -0.25) is 15.6 Å². The average molecular weight is 348 g/mol. The molecule has 25 heavy (non-hydrogen) atoms. The summed E-state index contributed by atoms with van der Waals surface area (Å²) in [5.41, 5.74) is 6.01. The van der Waals surface area contributed by atoms with Crippen LogP contribution in [-0.4, -0.2) is 35.5 Å². The molecule has 2 fully saturated rings. The van der Waals surface area contributed by atoms with Crippen molar-refractivity contribution >= 4 is 17.6 Å². The maximum atomic E-state index is 12.9. The number of amides is 3. The molecule has 2 unspecified atom stereocenters. The van der Waals surface area contributed by atoms with E-state index in [4.69, 9.17) is 0 Å². The summed E-state index contributed by atoms with van der Waals surface area (Å²) in [5.74, 6) is 0.111. The number of nitrogens with zero attached hydrogens (tertiary/aromatic N) is 1. The van der Waals surface area contributed by atoms with E-state index in [0.717, 1.165) is 12.8 Å². The Balaban J connectivity index is 1.62. The molecular weight excluding hydrogens is 323 g/mol. The molecule has 7 heteroatoms. The summed E-state index contributed by atoms with van der Waals surface area (Å²) in [7, 11) is 0. The van der Waals surface area contributed by atoms with Gasteiger partial charge in [0, 0.05) is 12.6 Å². The van der Waals surface area contributed by atoms with Crippen LogP contribution < -0.4 is 16.2 Å². The lowest BCUT2D eigenvalue weighted by Gasteiger charge is -2.24. The zero-order valence-electron chi connectivity index (χ0n) is 14.6. The molecule has 1 aromatic carbocycles. The Hall–Kier alpha value is -2.31. The van der Waals surface area contributed by atoms with Gasteiger partial charge in [-0.2, -0.15) is 0 Å². The predicted molar refractivity (Wildman–Crippen MR) is 93.2 cm³/mol. The van der Waals surface area contributed by atoms with Gasteiger partial charge in [-0.1, -0.05) is 13.8 Å². The number of likely N-dealkylation sites (tertiary alicyclic amines) is 1. The van der Waals surface area contributed by atoms with Crippen molar-refractivity contribution in [3.63, 3.8) is 0 Å². The Bertz CT molecular complexity index is 630. The summed E-state index contributed by atoms with van der Waals surface area (Å²) in [6.07, 6.45) is 2.67. The molecule has 2 aliphatic rings. The molecule has 3 amide bonds. The molecule has 136 valence electrons. The molecule has 1 saturated carbocycles. The Morgan fingerprint density at radius 1 is 1.20 bits per heavy atom. The molecule has 1 aliphatic carbocycles. The van der Waals surface area contributed by atoms with Gasteiger partial charge in [0.05, 0.1) is 5.69 Å². The maximum absolute atomic E-state index is 12.9. The van der Waals surface area contributed by atoms with Crippen molar-refractivity contribution in [3.8, 4) is 0 Å². The Morgan fingerprint density at radius 2 is 1.88 bits per heavy atom. The number of anilines is 1. The van der Waals surface area contributed by atoms with E-state index in [1.807, 2.05) is 0 Å². The van der Waals surface area contributed by atoms with Gasteiger partial charge in [0.15, 0.2) is 0 Å². The zero-order chi connectivity index (χ0) is 18.0. The number of urea groups is 1. The highest BCUT2D eigenvalue weighted by Crippen LogP contribution is 2.30. The molecule has 1 heterocycles. The van der Waals surface area contributed by atoms with Crippen LogP contribution in [0, 0.1) is 17.7 Å². The van der Waals surface area contributed by atoms with Crippen molar-refractivity contribution in [2.45, 2.75) is 45.2 Å².